The molecule has 21 heavy (non-hydrogen) atoms. The van der Waals surface area contributed by atoms with Gasteiger partial charge in [-0.3, -0.25) is 11.3 Å². The summed E-state index contributed by atoms with van der Waals surface area (Å²) in [4.78, 5) is 0. The molecule has 2 aliphatic rings. The highest BCUT2D eigenvalue weighted by Gasteiger charge is 2.41. The van der Waals surface area contributed by atoms with E-state index >= 15 is 0 Å². The zero-order valence-corrected chi connectivity index (χ0v) is 12.5. The van der Waals surface area contributed by atoms with Crippen LogP contribution in [0.1, 0.15) is 37.3 Å². The largest absolute Gasteiger partial charge is 0.490 e. The van der Waals surface area contributed by atoms with E-state index < -0.39 is 0 Å². The van der Waals surface area contributed by atoms with Crippen molar-refractivity contribution in [3.8, 4) is 5.75 Å². The van der Waals surface area contributed by atoms with Crippen molar-refractivity contribution in [1.29, 1.82) is 0 Å². The van der Waals surface area contributed by atoms with Gasteiger partial charge in [-0.05, 0) is 30.5 Å². The third-order valence-electron chi connectivity index (χ3n) is 4.46. The maximum Gasteiger partial charge on any atom is 0.120 e. The van der Waals surface area contributed by atoms with Gasteiger partial charge in [-0.15, -0.1) is 0 Å². The molecule has 1 aliphatic heterocycles. The number of rotatable bonds is 6. The minimum atomic E-state index is -0.328. The Morgan fingerprint density at radius 2 is 2.10 bits per heavy atom. The molecule has 1 aromatic rings. The van der Waals surface area contributed by atoms with E-state index in [1.165, 1.54) is 0 Å². The predicted molar refractivity (Wildman–Crippen MR) is 79.9 cm³/mol. The van der Waals surface area contributed by atoms with E-state index in [4.69, 9.17) is 20.1 Å². The molecule has 1 heterocycles. The lowest BCUT2D eigenvalue weighted by Crippen LogP contribution is -2.51. The summed E-state index contributed by atoms with van der Waals surface area (Å²) in [5.74, 6) is 6.76. The minimum absolute atomic E-state index is 0.0749. The van der Waals surface area contributed by atoms with Crippen molar-refractivity contribution in [2.24, 2.45) is 5.84 Å². The van der Waals surface area contributed by atoms with Gasteiger partial charge in [-0.2, -0.15) is 0 Å². The fourth-order valence-electron chi connectivity index (χ4n) is 3.03. The predicted octanol–water partition coefficient (Wildman–Crippen LogP) is 1.93. The molecule has 5 heteroatoms. The first-order valence-electron chi connectivity index (χ1n) is 7.63. The molecule has 1 unspecified atom stereocenters. The van der Waals surface area contributed by atoms with Crippen LogP contribution in [0.5, 0.6) is 5.75 Å². The van der Waals surface area contributed by atoms with Crippen LogP contribution in [-0.2, 0) is 9.47 Å². The maximum atomic E-state index is 5.88. The molecule has 5 nitrogen and oxygen atoms in total. The maximum absolute atomic E-state index is 5.88. The molecule has 2 fully saturated rings. The molecule has 1 aliphatic carbocycles. The average molecular weight is 292 g/mol. The Hall–Kier alpha value is -1.14. The minimum Gasteiger partial charge on any atom is -0.490 e. The van der Waals surface area contributed by atoms with Crippen molar-refractivity contribution in [1.82, 2.24) is 5.43 Å². The van der Waals surface area contributed by atoms with Crippen molar-refractivity contribution in [3.63, 3.8) is 0 Å². The second-order valence-corrected chi connectivity index (χ2v) is 5.87. The van der Waals surface area contributed by atoms with E-state index in [2.05, 4.69) is 17.6 Å². The second kappa shape index (κ2) is 6.32. The molecule has 116 valence electrons. The Morgan fingerprint density at radius 3 is 2.71 bits per heavy atom. The van der Waals surface area contributed by atoms with Crippen LogP contribution in [0.4, 0.5) is 0 Å². The fourth-order valence-corrected chi connectivity index (χ4v) is 3.03. The van der Waals surface area contributed by atoms with Crippen LogP contribution in [0.25, 0.3) is 0 Å². The van der Waals surface area contributed by atoms with Crippen LogP contribution >= 0.6 is 0 Å². The van der Waals surface area contributed by atoms with Crippen molar-refractivity contribution in [2.75, 3.05) is 20.3 Å². The van der Waals surface area contributed by atoms with Crippen LogP contribution in [0, 0.1) is 0 Å². The normalized spacial score (nSPS) is 22.8. The molecular weight excluding hydrogens is 268 g/mol. The van der Waals surface area contributed by atoms with Gasteiger partial charge in [0.1, 0.15) is 5.75 Å². The molecular formula is C16H24N2O3. The molecule has 0 aromatic heterocycles. The topological polar surface area (TPSA) is 65.7 Å². The summed E-state index contributed by atoms with van der Waals surface area (Å²) in [5, 5.41) is 0. The number of hydrogen-bond donors (Lipinski definition) is 2. The average Bonchev–Trinajstić information content (AvgIpc) is 3.33. The van der Waals surface area contributed by atoms with Crippen LogP contribution in [-0.4, -0.2) is 32.0 Å². The highest BCUT2D eigenvalue weighted by Crippen LogP contribution is 2.38. The van der Waals surface area contributed by atoms with E-state index in [1.807, 2.05) is 12.1 Å². The fraction of sp³-hybridized carbons (Fsp3) is 0.625. The smallest absolute Gasteiger partial charge is 0.120 e. The summed E-state index contributed by atoms with van der Waals surface area (Å²) in [5.41, 5.74) is 3.71. The first kappa shape index (κ1) is 14.8. The summed E-state index contributed by atoms with van der Waals surface area (Å²) in [6, 6.07) is 8.08. The van der Waals surface area contributed by atoms with Gasteiger partial charge in [0, 0.05) is 33.2 Å². The van der Waals surface area contributed by atoms with Gasteiger partial charge < -0.3 is 14.2 Å². The summed E-state index contributed by atoms with van der Waals surface area (Å²) < 4.78 is 17.2. The molecule has 3 rings (SSSR count). The monoisotopic (exact) mass is 292 g/mol. The first-order valence-corrected chi connectivity index (χ1v) is 7.63. The molecule has 0 radical (unpaired) electrons. The summed E-state index contributed by atoms with van der Waals surface area (Å²) in [7, 11) is 1.75. The summed E-state index contributed by atoms with van der Waals surface area (Å²) in [6.07, 6.45) is 4.35. The van der Waals surface area contributed by atoms with Crippen LogP contribution in [0.2, 0.25) is 0 Å². The van der Waals surface area contributed by atoms with Gasteiger partial charge in [0.05, 0.1) is 17.7 Å². The quantitative estimate of drug-likeness (QED) is 0.619. The van der Waals surface area contributed by atoms with Gasteiger partial charge in [0.15, 0.2) is 0 Å². The Bertz CT molecular complexity index is 470. The van der Waals surface area contributed by atoms with Gasteiger partial charge in [-0.25, -0.2) is 0 Å². The number of nitrogens with two attached hydrogens (primary N) is 1. The Labute approximate surface area is 125 Å². The number of hydrazine groups is 1. The van der Waals surface area contributed by atoms with E-state index in [1.54, 1.807) is 7.11 Å². The Morgan fingerprint density at radius 1 is 1.33 bits per heavy atom. The number of hydrogen-bond acceptors (Lipinski definition) is 5. The third-order valence-corrected chi connectivity index (χ3v) is 4.46. The van der Waals surface area contributed by atoms with E-state index in [0.29, 0.717) is 19.3 Å². The zero-order chi connectivity index (χ0) is 14.7. The van der Waals surface area contributed by atoms with Crippen LogP contribution in [0.3, 0.4) is 0 Å². The number of methoxy groups -OCH3 is 1. The van der Waals surface area contributed by atoms with Crippen molar-refractivity contribution >= 4 is 0 Å². The molecule has 0 spiro atoms. The van der Waals surface area contributed by atoms with Crippen LogP contribution in [0.15, 0.2) is 24.3 Å². The highest BCUT2D eigenvalue weighted by atomic mass is 16.5. The standard InChI is InChI=1S/C16H24N2O3/c1-19-16(7-9-20-10-8-16)15(18-17)12-3-2-4-14(11-12)21-13-5-6-13/h2-4,11,13,15,18H,5-10,17H2,1H3. The summed E-state index contributed by atoms with van der Waals surface area (Å²) >= 11 is 0. The lowest BCUT2D eigenvalue weighted by atomic mass is 9.82. The van der Waals surface area contributed by atoms with Gasteiger partial charge >= 0.3 is 0 Å². The van der Waals surface area contributed by atoms with Crippen molar-refractivity contribution in [3.05, 3.63) is 29.8 Å². The first-order chi connectivity index (χ1) is 10.3. The Balaban J connectivity index is 1.83. The second-order valence-electron chi connectivity index (χ2n) is 5.87. The molecule has 0 bridgehead atoms. The van der Waals surface area contributed by atoms with Gasteiger partial charge in [0.25, 0.3) is 0 Å². The van der Waals surface area contributed by atoms with E-state index in [9.17, 15) is 0 Å². The van der Waals surface area contributed by atoms with Crippen molar-refractivity contribution in [2.45, 2.75) is 43.4 Å². The molecule has 1 aromatic carbocycles. The van der Waals surface area contributed by atoms with E-state index in [-0.39, 0.29) is 11.6 Å². The highest BCUT2D eigenvalue weighted by molar-refractivity contribution is 5.32. The van der Waals surface area contributed by atoms with Crippen molar-refractivity contribution < 1.29 is 14.2 Å². The molecule has 1 saturated carbocycles. The SMILES string of the molecule is COC1(C(NN)c2cccc(OC3CC3)c2)CCOCC1. The number of benzene rings is 1. The van der Waals surface area contributed by atoms with Crippen LogP contribution < -0.4 is 16.0 Å². The molecule has 1 atom stereocenters. The van der Waals surface area contributed by atoms with Gasteiger partial charge in [0.2, 0.25) is 0 Å². The molecule has 0 amide bonds. The lowest BCUT2D eigenvalue weighted by molar-refractivity contribution is -0.111. The van der Waals surface area contributed by atoms with E-state index in [0.717, 1.165) is 37.0 Å². The summed E-state index contributed by atoms with van der Waals surface area (Å²) in [6.45, 7) is 1.40. The Kier molecular flexibility index (Phi) is 4.45. The zero-order valence-electron chi connectivity index (χ0n) is 12.5. The number of nitrogens with one attached hydrogen (secondary N) is 1. The lowest BCUT2D eigenvalue weighted by Gasteiger charge is -2.42. The molecule has 3 N–H and O–H groups in total. The molecule has 1 saturated heterocycles. The number of ether oxygens (including phenoxy) is 3. The third kappa shape index (κ3) is 3.21. The van der Waals surface area contributed by atoms with Gasteiger partial charge in [-0.1, -0.05) is 12.1 Å².